The van der Waals surface area contributed by atoms with Crippen molar-refractivity contribution in [3.8, 4) is 11.5 Å². The highest BCUT2D eigenvalue weighted by molar-refractivity contribution is 5.41. The van der Waals surface area contributed by atoms with E-state index in [1.54, 1.807) is 7.11 Å². The standard InChI is InChI=1S/C17H28O2/c1-4-6-8-14(5-2)9-7-10-15-11-12-17(19-3)16(18)13-15/h11-14,18H,4-10H2,1-3H3. The molecule has 1 aromatic carbocycles. The van der Waals surface area contributed by atoms with Crippen LogP contribution in [-0.4, -0.2) is 12.2 Å². The van der Waals surface area contributed by atoms with E-state index in [4.69, 9.17) is 4.74 Å². The van der Waals surface area contributed by atoms with Crippen LogP contribution in [-0.2, 0) is 6.42 Å². The summed E-state index contributed by atoms with van der Waals surface area (Å²) in [5.74, 6) is 1.67. The SMILES string of the molecule is CCCCC(CC)CCCc1ccc(OC)c(O)c1. The molecule has 0 aliphatic heterocycles. The topological polar surface area (TPSA) is 29.5 Å². The lowest BCUT2D eigenvalue weighted by molar-refractivity contribution is 0.372. The minimum Gasteiger partial charge on any atom is -0.504 e. The second-order valence-corrected chi connectivity index (χ2v) is 5.31. The van der Waals surface area contributed by atoms with Gasteiger partial charge < -0.3 is 9.84 Å². The number of phenolic OH excluding ortho intramolecular Hbond substituents is 1. The second-order valence-electron chi connectivity index (χ2n) is 5.31. The van der Waals surface area contributed by atoms with Crippen LogP contribution in [0, 0.1) is 5.92 Å². The molecule has 1 aromatic rings. The molecule has 0 aromatic heterocycles. The zero-order chi connectivity index (χ0) is 14.1. The maximum atomic E-state index is 9.74. The first-order chi connectivity index (χ1) is 9.21. The Morgan fingerprint density at radius 3 is 2.47 bits per heavy atom. The van der Waals surface area contributed by atoms with Crippen molar-refractivity contribution in [1.29, 1.82) is 0 Å². The first-order valence-electron chi connectivity index (χ1n) is 7.57. The summed E-state index contributed by atoms with van der Waals surface area (Å²) < 4.78 is 5.05. The number of unbranched alkanes of at least 4 members (excludes halogenated alkanes) is 1. The van der Waals surface area contributed by atoms with Gasteiger partial charge >= 0.3 is 0 Å². The Morgan fingerprint density at radius 2 is 1.89 bits per heavy atom. The predicted octanol–water partition coefficient (Wildman–Crippen LogP) is 4.94. The van der Waals surface area contributed by atoms with E-state index in [9.17, 15) is 5.11 Å². The van der Waals surface area contributed by atoms with E-state index in [2.05, 4.69) is 13.8 Å². The van der Waals surface area contributed by atoms with E-state index >= 15 is 0 Å². The van der Waals surface area contributed by atoms with Crippen LogP contribution >= 0.6 is 0 Å². The average molecular weight is 264 g/mol. The molecular formula is C17H28O2. The number of benzene rings is 1. The van der Waals surface area contributed by atoms with E-state index in [0.717, 1.165) is 12.3 Å². The molecule has 0 aliphatic carbocycles. The number of hydrogen-bond donors (Lipinski definition) is 1. The van der Waals surface area contributed by atoms with Crippen molar-refractivity contribution < 1.29 is 9.84 Å². The van der Waals surface area contributed by atoms with Gasteiger partial charge in [-0.1, -0.05) is 52.0 Å². The summed E-state index contributed by atoms with van der Waals surface area (Å²) in [5, 5.41) is 9.74. The van der Waals surface area contributed by atoms with Gasteiger partial charge in [0.1, 0.15) is 0 Å². The number of aryl methyl sites for hydroxylation is 1. The minimum absolute atomic E-state index is 0.248. The number of phenols is 1. The summed E-state index contributed by atoms with van der Waals surface area (Å²) >= 11 is 0. The lowest BCUT2D eigenvalue weighted by atomic mass is 9.92. The van der Waals surface area contributed by atoms with Crippen molar-refractivity contribution in [2.45, 2.75) is 58.8 Å². The highest BCUT2D eigenvalue weighted by atomic mass is 16.5. The summed E-state index contributed by atoms with van der Waals surface area (Å²) in [6, 6.07) is 5.72. The van der Waals surface area contributed by atoms with E-state index in [-0.39, 0.29) is 5.75 Å². The number of methoxy groups -OCH3 is 1. The highest BCUT2D eigenvalue weighted by Gasteiger charge is 2.07. The molecule has 0 heterocycles. The van der Waals surface area contributed by atoms with Crippen LogP contribution in [0.5, 0.6) is 11.5 Å². The fraction of sp³-hybridized carbons (Fsp3) is 0.647. The van der Waals surface area contributed by atoms with Crippen molar-refractivity contribution in [1.82, 2.24) is 0 Å². The van der Waals surface area contributed by atoms with Crippen LogP contribution in [0.4, 0.5) is 0 Å². The number of rotatable bonds is 9. The molecule has 0 aliphatic rings. The summed E-state index contributed by atoms with van der Waals surface area (Å²) in [7, 11) is 1.58. The molecule has 1 unspecified atom stereocenters. The molecule has 0 bridgehead atoms. The van der Waals surface area contributed by atoms with Crippen LogP contribution < -0.4 is 4.74 Å². The van der Waals surface area contributed by atoms with Crippen molar-refractivity contribution in [2.75, 3.05) is 7.11 Å². The highest BCUT2D eigenvalue weighted by Crippen LogP contribution is 2.27. The Bertz CT molecular complexity index is 360. The van der Waals surface area contributed by atoms with Crippen molar-refractivity contribution in [3.05, 3.63) is 23.8 Å². The Balaban J connectivity index is 2.37. The van der Waals surface area contributed by atoms with Gasteiger partial charge in [-0.05, 0) is 36.5 Å². The normalized spacial score (nSPS) is 12.4. The molecule has 0 amide bonds. The Hall–Kier alpha value is -1.18. The molecule has 108 valence electrons. The third-order valence-corrected chi connectivity index (χ3v) is 3.86. The molecule has 19 heavy (non-hydrogen) atoms. The molecule has 0 saturated carbocycles. The molecule has 1 N–H and O–H groups in total. The molecular weight excluding hydrogens is 236 g/mol. The quantitative estimate of drug-likeness (QED) is 0.684. The minimum atomic E-state index is 0.248. The monoisotopic (exact) mass is 264 g/mol. The first kappa shape index (κ1) is 15.9. The van der Waals surface area contributed by atoms with Gasteiger partial charge in [-0.15, -0.1) is 0 Å². The molecule has 1 atom stereocenters. The molecule has 1 rings (SSSR count). The van der Waals surface area contributed by atoms with E-state index < -0.39 is 0 Å². The van der Waals surface area contributed by atoms with Gasteiger partial charge in [0.25, 0.3) is 0 Å². The first-order valence-corrected chi connectivity index (χ1v) is 7.57. The maximum Gasteiger partial charge on any atom is 0.160 e. The van der Waals surface area contributed by atoms with E-state index in [1.165, 1.54) is 44.1 Å². The van der Waals surface area contributed by atoms with E-state index in [0.29, 0.717) is 5.75 Å². The summed E-state index contributed by atoms with van der Waals surface area (Å²) in [6.07, 6.45) is 8.83. The van der Waals surface area contributed by atoms with Gasteiger partial charge in [-0.25, -0.2) is 0 Å². The Morgan fingerprint density at radius 1 is 1.16 bits per heavy atom. The third-order valence-electron chi connectivity index (χ3n) is 3.86. The van der Waals surface area contributed by atoms with Crippen LogP contribution in [0.3, 0.4) is 0 Å². The summed E-state index contributed by atoms with van der Waals surface area (Å²) in [5.41, 5.74) is 1.20. The zero-order valence-corrected chi connectivity index (χ0v) is 12.6. The van der Waals surface area contributed by atoms with Crippen molar-refractivity contribution >= 4 is 0 Å². The van der Waals surface area contributed by atoms with Crippen LogP contribution in [0.2, 0.25) is 0 Å². The van der Waals surface area contributed by atoms with Gasteiger partial charge in [0.15, 0.2) is 11.5 Å². The molecule has 2 heteroatoms. The van der Waals surface area contributed by atoms with Gasteiger partial charge in [0.2, 0.25) is 0 Å². The predicted molar refractivity (Wildman–Crippen MR) is 80.9 cm³/mol. The molecule has 0 saturated heterocycles. The third kappa shape index (κ3) is 5.54. The number of aromatic hydroxyl groups is 1. The van der Waals surface area contributed by atoms with E-state index in [1.807, 2.05) is 18.2 Å². The Labute approximate surface area is 117 Å². The van der Waals surface area contributed by atoms with Crippen LogP contribution in [0.15, 0.2) is 18.2 Å². The lowest BCUT2D eigenvalue weighted by Crippen LogP contribution is -2.00. The van der Waals surface area contributed by atoms with Gasteiger partial charge in [0, 0.05) is 0 Å². The second kappa shape index (κ2) is 8.84. The summed E-state index contributed by atoms with van der Waals surface area (Å²) in [4.78, 5) is 0. The largest absolute Gasteiger partial charge is 0.504 e. The van der Waals surface area contributed by atoms with Gasteiger partial charge in [-0.3, -0.25) is 0 Å². The summed E-state index contributed by atoms with van der Waals surface area (Å²) in [6.45, 7) is 4.55. The van der Waals surface area contributed by atoms with Crippen molar-refractivity contribution in [3.63, 3.8) is 0 Å². The fourth-order valence-electron chi connectivity index (χ4n) is 2.53. The van der Waals surface area contributed by atoms with Gasteiger partial charge in [0.05, 0.1) is 7.11 Å². The molecule has 2 nitrogen and oxygen atoms in total. The van der Waals surface area contributed by atoms with Crippen molar-refractivity contribution in [2.24, 2.45) is 5.92 Å². The maximum absolute atomic E-state index is 9.74. The fourth-order valence-corrected chi connectivity index (χ4v) is 2.53. The van der Waals surface area contributed by atoms with Crippen LogP contribution in [0.25, 0.3) is 0 Å². The molecule has 0 fully saturated rings. The Kier molecular flexibility index (Phi) is 7.39. The number of ether oxygens (including phenoxy) is 1. The zero-order valence-electron chi connectivity index (χ0n) is 12.6. The van der Waals surface area contributed by atoms with Gasteiger partial charge in [-0.2, -0.15) is 0 Å². The molecule has 0 radical (unpaired) electrons. The average Bonchev–Trinajstić information content (AvgIpc) is 2.42. The molecule has 0 spiro atoms. The smallest absolute Gasteiger partial charge is 0.160 e. The number of hydrogen-bond acceptors (Lipinski definition) is 2. The lowest BCUT2D eigenvalue weighted by Gasteiger charge is -2.14. The van der Waals surface area contributed by atoms with Crippen LogP contribution in [0.1, 0.15) is 57.9 Å².